The lowest BCUT2D eigenvalue weighted by molar-refractivity contribution is -0.132. The standard InChI is InChI=1S/C14H24N2O3/c1-14(2,3)19-13(18)16-8-4-7-15(9-10-16)12(17)11-5-6-11/h11H,4-10H2,1-3H3. The van der Waals surface area contributed by atoms with E-state index in [2.05, 4.69) is 0 Å². The van der Waals surface area contributed by atoms with E-state index in [0.29, 0.717) is 19.6 Å². The van der Waals surface area contributed by atoms with Crippen LogP contribution in [0.5, 0.6) is 0 Å². The third kappa shape index (κ3) is 4.11. The molecule has 1 saturated carbocycles. The quantitative estimate of drug-likeness (QED) is 0.729. The van der Waals surface area contributed by atoms with Crippen molar-refractivity contribution in [3.8, 4) is 0 Å². The Morgan fingerprint density at radius 2 is 1.58 bits per heavy atom. The minimum absolute atomic E-state index is 0.257. The predicted octanol–water partition coefficient (Wildman–Crippen LogP) is 1.87. The summed E-state index contributed by atoms with van der Waals surface area (Å²) in [5.41, 5.74) is -0.465. The third-order valence-corrected chi connectivity index (χ3v) is 3.39. The average molecular weight is 268 g/mol. The highest BCUT2D eigenvalue weighted by molar-refractivity contribution is 5.81. The summed E-state index contributed by atoms with van der Waals surface area (Å²) >= 11 is 0. The Bertz CT molecular complexity index is 358. The van der Waals surface area contributed by atoms with Gasteiger partial charge in [0.25, 0.3) is 0 Å². The van der Waals surface area contributed by atoms with E-state index < -0.39 is 5.60 Å². The molecular formula is C14H24N2O3. The molecule has 5 nitrogen and oxygen atoms in total. The summed E-state index contributed by atoms with van der Waals surface area (Å²) in [4.78, 5) is 27.6. The van der Waals surface area contributed by atoms with Gasteiger partial charge in [-0.15, -0.1) is 0 Å². The maximum absolute atomic E-state index is 12.0. The molecule has 5 heteroatoms. The Morgan fingerprint density at radius 1 is 1.00 bits per heavy atom. The summed E-state index contributed by atoms with van der Waals surface area (Å²) in [5.74, 6) is 0.527. The summed E-state index contributed by atoms with van der Waals surface area (Å²) in [6, 6.07) is 0. The van der Waals surface area contributed by atoms with Crippen molar-refractivity contribution in [3.05, 3.63) is 0 Å². The van der Waals surface area contributed by atoms with Crippen LogP contribution < -0.4 is 0 Å². The molecule has 0 aromatic rings. The summed E-state index contributed by atoms with van der Waals surface area (Å²) in [6.07, 6.45) is 2.63. The lowest BCUT2D eigenvalue weighted by Gasteiger charge is -2.26. The zero-order chi connectivity index (χ0) is 14.0. The van der Waals surface area contributed by atoms with E-state index in [1.807, 2.05) is 25.7 Å². The number of amides is 2. The molecule has 1 aliphatic heterocycles. The molecular weight excluding hydrogens is 244 g/mol. The Kier molecular flexibility index (Phi) is 4.02. The molecule has 0 atom stereocenters. The molecule has 0 aromatic carbocycles. The first-order valence-corrected chi connectivity index (χ1v) is 7.13. The van der Waals surface area contributed by atoms with Crippen LogP contribution in [0.1, 0.15) is 40.0 Å². The Labute approximate surface area is 114 Å². The van der Waals surface area contributed by atoms with Crippen molar-refractivity contribution in [2.45, 2.75) is 45.6 Å². The van der Waals surface area contributed by atoms with Gasteiger partial charge >= 0.3 is 6.09 Å². The molecule has 0 radical (unpaired) electrons. The maximum atomic E-state index is 12.0. The van der Waals surface area contributed by atoms with Crippen molar-refractivity contribution in [2.24, 2.45) is 5.92 Å². The van der Waals surface area contributed by atoms with E-state index in [1.165, 1.54) is 0 Å². The molecule has 0 aromatic heterocycles. The molecule has 2 rings (SSSR count). The fourth-order valence-electron chi connectivity index (χ4n) is 2.24. The van der Waals surface area contributed by atoms with Gasteiger partial charge in [-0.1, -0.05) is 0 Å². The molecule has 0 unspecified atom stereocenters. The maximum Gasteiger partial charge on any atom is 0.410 e. The number of carbonyl (C=O) groups excluding carboxylic acids is 2. The minimum Gasteiger partial charge on any atom is -0.444 e. The highest BCUT2D eigenvalue weighted by atomic mass is 16.6. The summed E-state index contributed by atoms with van der Waals surface area (Å²) < 4.78 is 5.37. The SMILES string of the molecule is CC(C)(C)OC(=O)N1CCCN(C(=O)C2CC2)CC1. The van der Waals surface area contributed by atoms with Crippen LogP contribution in [0.3, 0.4) is 0 Å². The van der Waals surface area contributed by atoms with E-state index >= 15 is 0 Å². The summed E-state index contributed by atoms with van der Waals surface area (Å²) in [5, 5.41) is 0. The molecule has 2 fully saturated rings. The zero-order valence-corrected chi connectivity index (χ0v) is 12.1. The summed E-state index contributed by atoms with van der Waals surface area (Å²) in [6.45, 7) is 8.24. The molecule has 1 heterocycles. The molecule has 1 aliphatic carbocycles. The first-order chi connectivity index (χ1) is 8.87. The Hall–Kier alpha value is -1.26. The van der Waals surface area contributed by atoms with Gasteiger partial charge in [0.1, 0.15) is 5.60 Å². The number of carbonyl (C=O) groups is 2. The van der Waals surface area contributed by atoms with Crippen molar-refractivity contribution in [1.29, 1.82) is 0 Å². The molecule has 2 amide bonds. The molecule has 0 spiro atoms. The van der Waals surface area contributed by atoms with Gasteiger partial charge in [-0.05, 0) is 40.0 Å². The van der Waals surface area contributed by atoms with Crippen molar-refractivity contribution in [1.82, 2.24) is 9.80 Å². The summed E-state index contributed by atoms with van der Waals surface area (Å²) in [7, 11) is 0. The van der Waals surface area contributed by atoms with Crippen LogP contribution in [0.2, 0.25) is 0 Å². The topological polar surface area (TPSA) is 49.9 Å². The second-order valence-electron chi connectivity index (χ2n) is 6.42. The van der Waals surface area contributed by atoms with Gasteiger partial charge < -0.3 is 14.5 Å². The second kappa shape index (κ2) is 5.39. The van der Waals surface area contributed by atoms with Gasteiger partial charge in [0.15, 0.2) is 0 Å². The molecule has 0 bridgehead atoms. The number of ether oxygens (including phenoxy) is 1. The van der Waals surface area contributed by atoms with Crippen molar-refractivity contribution in [3.63, 3.8) is 0 Å². The monoisotopic (exact) mass is 268 g/mol. The van der Waals surface area contributed by atoms with Gasteiger partial charge in [0.05, 0.1) is 0 Å². The molecule has 1 saturated heterocycles. The van der Waals surface area contributed by atoms with Gasteiger partial charge in [-0.2, -0.15) is 0 Å². The van der Waals surface area contributed by atoms with Crippen LogP contribution in [0.25, 0.3) is 0 Å². The lowest BCUT2D eigenvalue weighted by Crippen LogP contribution is -2.40. The Balaban J connectivity index is 1.85. The van der Waals surface area contributed by atoms with Crippen molar-refractivity contribution in [2.75, 3.05) is 26.2 Å². The predicted molar refractivity (Wildman–Crippen MR) is 71.7 cm³/mol. The zero-order valence-electron chi connectivity index (χ0n) is 12.1. The van der Waals surface area contributed by atoms with Crippen molar-refractivity contribution < 1.29 is 14.3 Å². The van der Waals surface area contributed by atoms with Gasteiger partial charge in [0.2, 0.25) is 5.91 Å². The van der Waals surface area contributed by atoms with Crippen molar-refractivity contribution >= 4 is 12.0 Å². The molecule has 19 heavy (non-hydrogen) atoms. The fourth-order valence-corrected chi connectivity index (χ4v) is 2.24. The van der Waals surface area contributed by atoms with Crippen LogP contribution in [0, 0.1) is 5.92 Å². The van der Waals surface area contributed by atoms with E-state index in [-0.39, 0.29) is 17.9 Å². The molecule has 0 N–H and O–H groups in total. The number of hydrogen-bond acceptors (Lipinski definition) is 3. The van der Waals surface area contributed by atoms with Gasteiger partial charge in [-0.25, -0.2) is 4.79 Å². The Morgan fingerprint density at radius 3 is 2.16 bits per heavy atom. The fraction of sp³-hybridized carbons (Fsp3) is 0.857. The smallest absolute Gasteiger partial charge is 0.410 e. The minimum atomic E-state index is -0.465. The number of rotatable bonds is 1. The first kappa shape index (κ1) is 14.2. The third-order valence-electron chi connectivity index (χ3n) is 3.39. The first-order valence-electron chi connectivity index (χ1n) is 7.13. The average Bonchev–Trinajstić information content (AvgIpc) is 3.13. The van der Waals surface area contributed by atoms with Crippen LogP contribution in [0.15, 0.2) is 0 Å². The second-order valence-corrected chi connectivity index (χ2v) is 6.42. The number of nitrogens with zero attached hydrogens (tertiary/aromatic N) is 2. The van der Waals surface area contributed by atoms with Gasteiger partial charge in [0, 0.05) is 32.1 Å². The van der Waals surface area contributed by atoms with E-state index in [9.17, 15) is 9.59 Å². The lowest BCUT2D eigenvalue weighted by atomic mass is 10.2. The van der Waals surface area contributed by atoms with E-state index in [1.54, 1.807) is 4.90 Å². The van der Waals surface area contributed by atoms with Gasteiger partial charge in [-0.3, -0.25) is 4.79 Å². The normalized spacial score (nSPS) is 21.0. The van der Waals surface area contributed by atoms with Crippen LogP contribution in [0.4, 0.5) is 4.79 Å². The largest absolute Gasteiger partial charge is 0.444 e. The highest BCUT2D eigenvalue weighted by Gasteiger charge is 2.34. The van der Waals surface area contributed by atoms with Crippen LogP contribution in [-0.2, 0) is 9.53 Å². The van der Waals surface area contributed by atoms with E-state index in [0.717, 1.165) is 25.8 Å². The highest BCUT2D eigenvalue weighted by Crippen LogP contribution is 2.31. The number of hydrogen-bond donors (Lipinski definition) is 0. The molecule has 2 aliphatic rings. The van der Waals surface area contributed by atoms with Crippen LogP contribution in [-0.4, -0.2) is 53.6 Å². The van der Waals surface area contributed by atoms with Crippen LogP contribution >= 0.6 is 0 Å². The van der Waals surface area contributed by atoms with E-state index in [4.69, 9.17) is 4.74 Å². The molecule has 108 valence electrons.